The van der Waals surface area contributed by atoms with Crippen molar-refractivity contribution in [1.82, 2.24) is 0 Å². The summed E-state index contributed by atoms with van der Waals surface area (Å²) < 4.78 is 48.9. The molecule has 0 aliphatic carbocycles. The minimum absolute atomic E-state index is 0.0510. The first-order chi connectivity index (χ1) is 7.29. The Labute approximate surface area is 91.6 Å². The summed E-state index contributed by atoms with van der Waals surface area (Å²) in [4.78, 5) is -1.12. The van der Waals surface area contributed by atoms with E-state index in [4.69, 9.17) is 5.73 Å². The van der Waals surface area contributed by atoms with Crippen LogP contribution in [0.25, 0.3) is 0 Å². The van der Waals surface area contributed by atoms with Gasteiger partial charge in [-0.25, -0.2) is 17.2 Å². The number of hydrogen-bond acceptors (Lipinski definition) is 4. The number of benzene rings is 1. The lowest BCUT2D eigenvalue weighted by atomic mass is 10.1. The first-order valence-corrected chi connectivity index (χ1v) is 6.28. The maximum atomic E-state index is 13.4. The molecule has 0 bridgehead atoms. The molecule has 0 aromatic heterocycles. The van der Waals surface area contributed by atoms with E-state index in [1.54, 1.807) is 0 Å². The minimum atomic E-state index is -4.06. The van der Waals surface area contributed by atoms with Crippen molar-refractivity contribution in [2.24, 2.45) is 5.73 Å². The summed E-state index contributed by atoms with van der Waals surface area (Å²) in [5.74, 6) is -3.56. The van der Waals surface area contributed by atoms with Gasteiger partial charge >= 0.3 is 0 Å². The standard InChI is InChI=1S/C9H11F2NO3S/c1-16(14,15)9-6(10)4-5(2-3-12)8(13)7(9)11/h4,13H,2-3,12H2,1H3. The van der Waals surface area contributed by atoms with Crippen molar-refractivity contribution < 1.29 is 22.3 Å². The van der Waals surface area contributed by atoms with Gasteiger partial charge in [0.15, 0.2) is 21.4 Å². The van der Waals surface area contributed by atoms with E-state index in [1.165, 1.54) is 0 Å². The molecule has 16 heavy (non-hydrogen) atoms. The summed E-state index contributed by atoms with van der Waals surface area (Å²) in [5.41, 5.74) is 5.13. The van der Waals surface area contributed by atoms with Crippen molar-refractivity contribution in [2.75, 3.05) is 12.8 Å². The molecule has 0 radical (unpaired) electrons. The van der Waals surface area contributed by atoms with E-state index in [0.717, 1.165) is 6.07 Å². The van der Waals surface area contributed by atoms with Crippen LogP contribution in [0, 0.1) is 11.6 Å². The molecule has 0 aliphatic heterocycles. The van der Waals surface area contributed by atoms with Crippen molar-refractivity contribution in [3.05, 3.63) is 23.3 Å². The Morgan fingerprint density at radius 2 is 2.00 bits per heavy atom. The van der Waals surface area contributed by atoms with Crippen LogP contribution in [0.4, 0.5) is 8.78 Å². The Morgan fingerprint density at radius 3 is 2.44 bits per heavy atom. The fourth-order valence-electron chi connectivity index (χ4n) is 1.33. The van der Waals surface area contributed by atoms with Gasteiger partial charge in [-0.2, -0.15) is 0 Å². The van der Waals surface area contributed by atoms with Crippen LogP contribution in [0.15, 0.2) is 11.0 Å². The van der Waals surface area contributed by atoms with Crippen LogP contribution < -0.4 is 5.73 Å². The van der Waals surface area contributed by atoms with Gasteiger partial charge in [-0.3, -0.25) is 0 Å². The third kappa shape index (κ3) is 2.30. The van der Waals surface area contributed by atoms with Gasteiger partial charge in [0.25, 0.3) is 0 Å². The summed E-state index contributed by atoms with van der Waals surface area (Å²) in [6.45, 7) is 0.0880. The van der Waals surface area contributed by atoms with Gasteiger partial charge in [0.2, 0.25) is 0 Å². The first kappa shape index (κ1) is 12.9. The zero-order valence-corrected chi connectivity index (χ0v) is 9.31. The van der Waals surface area contributed by atoms with Gasteiger partial charge in [0.1, 0.15) is 10.7 Å². The maximum Gasteiger partial charge on any atom is 0.186 e. The number of hydrogen-bond donors (Lipinski definition) is 2. The van der Waals surface area contributed by atoms with Gasteiger partial charge in [0.05, 0.1) is 0 Å². The zero-order chi connectivity index (χ0) is 12.5. The van der Waals surface area contributed by atoms with E-state index < -0.39 is 32.1 Å². The van der Waals surface area contributed by atoms with E-state index in [0.29, 0.717) is 6.26 Å². The molecule has 4 nitrogen and oxygen atoms in total. The molecule has 0 spiro atoms. The highest BCUT2D eigenvalue weighted by Gasteiger charge is 2.24. The lowest BCUT2D eigenvalue weighted by Gasteiger charge is -2.09. The average molecular weight is 251 g/mol. The molecule has 1 aromatic rings. The summed E-state index contributed by atoms with van der Waals surface area (Å²) >= 11 is 0. The molecule has 7 heteroatoms. The van der Waals surface area contributed by atoms with Crippen molar-refractivity contribution in [3.63, 3.8) is 0 Å². The second-order valence-corrected chi connectivity index (χ2v) is 5.27. The summed E-state index contributed by atoms with van der Waals surface area (Å²) in [6, 6.07) is 0.779. The van der Waals surface area contributed by atoms with Crippen molar-refractivity contribution >= 4 is 9.84 Å². The number of nitrogens with two attached hydrogens (primary N) is 1. The van der Waals surface area contributed by atoms with Crippen LogP contribution in [0.2, 0.25) is 0 Å². The summed E-state index contributed by atoms with van der Waals surface area (Å²) in [6.07, 6.45) is 0.722. The normalized spacial score (nSPS) is 11.8. The number of sulfone groups is 1. The van der Waals surface area contributed by atoms with Crippen LogP contribution in [-0.4, -0.2) is 26.3 Å². The molecule has 0 heterocycles. The monoisotopic (exact) mass is 251 g/mol. The molecule has 0 saturated carbocycles. The summed E-state index contributed by atoms with van der Waals surface area (Å²) in [7, 11) is -4.06. The molecule has 1 rings (SSSR count). The van der Waals surface area contributed by atoms with Crippen molar-refractivity contribution in [3.8, 4) is 5.75 Å². The Bertz CT molecular complexity index is 514. The van der Waals surface area contributed by atoms with Crippen molar-refractivity contribution in [2.45, 2.75) is 11.3 Å². The molecular weight excluding hydrogens is 240 g/mol. The van der Waals surface area contributed by atoms with E-state index in [9.17, 15) is 22.3 Å². The smallest absolute Gasteiger partial charge is 0.186 e. The Kier molecular flexibility index (Phi) is 3.49. The molecule has 0 amide bonds. The maximum absolute atomic E-state index is 13.4. The Morgan fingerprint density at radius 1 is 1.44 bits per heavy atom. The fraction of sp³-hybridized carbons (Fsp3) is 0.333. The topological polar surface area (TPSA) is 80.4 Å². The zero-order valence-electron chi connectivity index (χ0n) is 8.50. The van der Waals surface area contributed by atoms with Gasteiger partial charge in [0, 0.05) is 11.8 Å². The molecule has 1 aromatic carbocycles. The van der Waals surface area contributed by atoms with Crippen LogP contribution >= 0.6 is 0 Å². The molecule has 3 N–H and O–H groups in total. The molecule has 0 fully saturated rings. The molecular formula is C9H11F2NO3S. The lowest BCUT2D eigenvalue weighted by Crippen LogP contribution is -2.09. The molecule has 90 valence electrons. The molecule has 0 atom stereocenters. The highest BCUT2D eigenvalue weighted by Crippen LogP contribution is 2.30. The van der Waals surface area contributed by atoms with E-state index in [1.807, 2.05) is 0 Å². The fourth-order valence-corrected chi connectivity index (χ4v) is 2.16. The van der Waals surface area contributed by atoms with Gasteiger partial charge in [-0.1, -0.05) is 0 Å². The second kappa shape index (κ2) is 4.34. The van der Waals surface area contributed by atoms with Gasteiger partial charge < -0.3 is 10.8 Å². The van der Waals surface area contributed by atoms with E-state index >= 15 is 0 Å². The van der Waals surface area contributed by atoms with Crippen LogP contribution in [0.3, 0.4) is 0 Å². The van der Waals surface area contributed by atoms with Gasteiger partial charge in [-0.05, 0) is 19.0 Å². The van der Waals surface area contributed by atoms with Crippen LogP contribution in [-0.2, 0) is 16.3 Å². The largest absolute Gasteiger partial charge is 0.505 e. The Hall–Kier alpha value is -1.21. The highest BCUT2D eigenvalue weighted by atomic mass is 32.2. The third-order valence-electron chi connectivity index (χ3n) is 2.01. The number of phenolic OH excluding ortho intramolecular Hbond substituents is 1. The first-order valence-electron chi connectivity index (χ1n) is 4.39. The molecule has 0 saturated heterocycles. The summed E-state index contributed by atoms with van der Waals surface area (Å²) in [5, 5.41) is 9.34. The van der Waals surface area contributed by atoms with Crippen molar-refractivity contribution in [1.29, 1.82) is 0 Å². The quantitative estimate of drug-likeness (QED) is 0.823. The highest BCUT2D eigenvalue weighted by molar-refractivity contribution is 7.90. The third-order valence-corrected chi connectivity index (χ3v) is 3.13. The predicted molar refractivity (Wildman–Crippen MR) is 53.9 cm³/mol. The number of aromatic hydroxyl groups is 1. The van der Waals surface area contributed by atoms with Crippen LogP contribution in [0.5, 0.6) is 5.75 Å². The number of halogens is 2. The Balaban J connectivity index is 3.53. The second-order valence-electron chi connectivity index (χ2n) is 3.32. The van der Waals surface area contributed by atoms with E-state index in [2.05, 4.69) is 0 Å². The molecule has 0 unspecified atom stereocenters. The number of rotatable bonds is 3. The van der Waals surface area contributed by atoms with Gasteiger partial charge in [-0.15, -0.1) is 0 Å². The predicted octanol–water partition coefficient (Wildman–Crippen LogP) is 0.575. The minimum Gasteiger partial charge on any atom is -0.505 e. The van der Waals surface area contributed by atoms with E-state index in [-0.39, 0.29) is 18.5 Å². The van der Waals surface area contributed by atoms with Crippen LogP contribution in [0.1, 0.15) is 5.56 Å². The average Bonchev–Trinajstić information content (AvgIpc) is 2.12. The lowest BCUT2D eigenvalue weighted by molar-refractivity contribution is 0.406. The SMILES string of the molecule is CS(=O)(=O)c1c(F)cc(CCN)c(O)c1F. The molecule has 0 aliphatic rings. The number of phenols is 1.